The highest BCUT2D eigenvalue weighted by Gasteiger charge is 2.17. The molecule has 7 heteroatoms. The number of hydrogen-bond donors (Lipinski definition) is 1. The number of nitrogens with one attached hydrogen (secondary N) is 1. The maximum absolute atomic E-state index is 12.4. The van der Waals surface area contributed by atoms with Gasteiger partial charge in [-0.25, -0.2) is 4.79 Å². The minimum atomic E-state index is -0.519. The number of methoxy groups -OCH3 is 1. The van der Waals surface area contributed by atoms with Crippen molar-refractivity contribution in [3.05, 3.63) is 53.1 Å². The normalized spacial score (nSPS) is 11.5. The third-order valence-electron chi connectivity index (χ3n) is 3.47. The Kier molecular flexibility index (Phi) is 7.36. The summed E-state index contributed by atoms with van der Waals surface area (Å²) >= 11 is 7.46. The van der Waals surface area contributed by atoms with E-state index in [1.54, 1.807) is 26.2 Å². The summed E-state index contributed by atoms with van der Waals surface area (Å²) in [5.41, 5.74) is 0.714. The number of thioether (sulfide) groups is 1. The van der Waals surface area contributed by atoms with Gasteiger partial charge in [-0.1, -0.05) is 11.6 Å². The number of carbonyl (C=O) groups excluding carboxylic acids is 2. The van der Waals surface area contributed by atoms with E-state index < -0.39 is 5.97 Å². The monoisotopic (exact) mass is 393 g/mol. The van der Waals surface area contributed by atoms with Crippen LogP contribution in [0, 0.1) is 0 Å². The molecule has 0 aliphatic rings. The topological polar surface area (TPSA) is 64.6 Å². The summed E-state index contributed by atoms with van der Waals surface area (Å²) in [4.78, 5) is 25.3. The van der Waals surface area contributed by atoms with Crippen molar-refractivity contribution in [2.24, 2.45) is 0 Å². The second kappa shape index (κ2) is 9.50. The second-order valence-corrected chi connectivity index (χ2v) is 7.16. The molecule has 0 bridgehead atoms. The molecule has 0 fully saturated rings. The molecule has 2 rings (SSSR count). The van der Waals surface area contributed by atoms with Gasteiger partial charge in [-0.2, -0.15) is 0 Å². The van der Waals surface area contributed by atoms with Gasteiger partial charge in [0.05, 0.1) is 29.6 Å². The standard InChI is InChI=1S/C19H20ClNO4S/c1-4-25-19(23)16-11-13(5-10-17(16)20)21-18(22)12(2)26-15-8-6-14(24-3)7-9-15/h5-12H,4H2,1-3H3,(H,21,22). The van der Waals surface area contributed by atoms with E-state index in [4.69, 9.17) is 21.1 Å². The van der Waals surface area contributed by atoms with Crippen LogP contribution in [0.4, 0.5) is 5.69 Å². The molecule has 0 radical (unpaired) electrons. The Morgan fingerprint density at radius 3 is 2.50 bits per heavy atom. The van der Waals surface area contributed by atoms with E-state index in [0.29, 0.717) is 5.69 Å². The van der Waals surface area contributed by atoms with Crippen molar-refractivity contribution in [1.82, 2.24) is 0 Å². The Morgan fingerprint density at radius 2 is 1.88 bits per heavy atom. The first-order valence-electron chi connectivity index (χ1n) is 8.02. The zero-order valence-electron chi connectivity index (χ0n) is 14.7. The molecule has 0 heterocycles. The van der Waals surface area contributed by atoms with Crippen LogP contribution in [0.25, 0.3) is 0 Å². The van der Waals surface area contributed by atoms with Gasteiger partial charge in [0.25, 0.3) is 0 Å². The van der Waals surface area contributed by atoms with Crippen molar-refractivity contribution >= 4 is 40.9 Å². The number of carbonyl (C=O) groups is 2. The molecular weight excluding hydrogens is 374 g/mol. The third-order valence-corrected chi connectivity index (χ3v) is 4.91. The summed E-state index contributed by atoms with van der Waals surface area (Å²) in [5, 5.41) is 2.75. The van der Waals surface area contributed by atoms with Crippen molar-refractivity contribution in [3.8, 4) is 5.75 Å². The highest BCUT2D eigenvalue weighted by molar-refractivity contribution is 8.00. The molecule has 0 saturated carbocycles. The molecule has 1 unspecified atom stereocenters. The summed E-state index contributed by atoms with van der Waals surface area (Å²) < 4.78 is 10.1. The van der Waals surface area contributed by atoms with Crippen LogP contribution in [0.15, 0.2) is 47.4 Å². The number of amides is 1. The Balaban J connectivity index is 2.03. The van der Waals surface area contributed by atoms with Gasteiger partial charge < -0.3 is 14.8 Å². The molecular formula is C19H20ClNO4S. The molecule has 0 saturated heterocycles. The number of anilines is 1. The fraction of sp³-hybridized carbons (Fsp3) is 0.263. The van der Waals surface area contributed by atoms with E-state index in [1.807, 2.05) is 31.2 Å². The van der Waals surface area contributed by atoms with Crippen molar-refractivity contribution in [2.45, 2.75) is 24.0 Å². The molecule has 0 aromatic heterocycles. The first kappa shape index (κ1) is 20.1. The van der Waals surface area contributed by atoms with E-state index in [-0.39, 0.29) is 28.4 Å². The Morgan fingerprint density at radius 1 is 1.19 bits per heavy atom. The maximum atomic E-state index is 12.4. The van der Waals surface area contributed by atoms with E-state index >= 15 is 0 Å². The number of esters is 1. The Hall–Kier alpha value is -2.18. The van der Waals surface area contributed by atoms with Crippen LogP contribution in [0.1, 0.15) is 24.2 Å². The van der Waals surface area contributed by atoms with Gasteiger partial charge in [0.1, 0.15) is 5.75 Å². The first-order valence-corrected chi connectivity index (χ1v) is 9.28. The second-order valence-electron chi connectivity index (χ2n) is 5.34. The van der Waals surface area contributed by atoms with Crippen LogP contribution < -0.4 is 10.1 Å². The fourth-order valence-electron chi connectivity index (χ4n) is 2.12. The van der Waals surface area contributed by atoms with Crippen molar-refractivity contribution in [1.29, 1.82) is 0 Å². The molecule has 2 aromatic rings. The van der Waals surface area contributed by atoms with Crippen molar-refractivity contribution < 1.29 is 19.1 Å². The smallest absolute Gasteiger partial charge is 0.339 e. The summed E-state index contributed by atoms with van der Waals surface area (Å²) in [7, 11) is 1.61. The van der Waals surface area contributed by atoms with E-state index in [2.05, 4.69) is 5.32 Å². The SMILES string of the molecule is CCOC(=O)c1cc(NC(=O)C(C)Sc2ccc(OC)cc2)ccc1Cl. The van der Waals surface area contributed by atoms with Gasteiger partial charge in [-0.15, -0.1) is 11.8 Å². The van der Waals surface area contributed by atoms with E-state index in [1.165, 1.54) is 17.8 Å². The van der Waals surface area contributed by atoms with Crippen LogP contribution in [0.3, 0.4) is 0 Å². The van der Waals surface area contributed by atoms with Gasteiger partial charge in [0.2, 0.25) is 5.91 Å². The number of rotatable bonds is 7. The maximum Gasteiger partial charge on any atom is 0.339 e. The molecule has 0 aliphatic carbocycles. The average Bonchev–Trinajstić information content (AvgIpc) is 2.64. The van der Waals surface area contributed by atoms with Crippen LogP contribution in [-0.2, 0) is 9.53 Å². The van der Waals surface area contributed by atoms with E-state index in [0.717, 1.165) is 10.6 Å². The van der Waals surface area contributed by atoms with Gasteiger partial charge in [-0.05, 0) is 56.3 Å². The zero-order chi connectivity index (χ0) is 19.1. The number of ether oxygens (including phenoxy) is 2. The molecule has 0 aliphatic heterocycles. The summed E-state index contributed by atoms with van der Waals surface area (Å²) in [5.74, 6) is 0.0660. The highest BCUT2D eigenvalue weighted by Crippen LogP contribution is 2.27. The van der Waals surface area contributed by atoms with Crippen LogP contribution in [0.5, 0.6) is 5.75 Å². The largest absolute Gasteiger partial charge is 0.497 e. The Labute approximate surface area is 162 Å². The van der Waals surface area contributed by atoms with Gasteiger partial charge in [0, 0.05) is 10.6 Å². The number of halogens is 1. The fourth-order valence-corrected chi connectivity index (χ4v) is 3.19. The summed E-state index contributed by atoms with van der Waals surface area (Å²) in [6, 6.07) is 12.2. The average molecular weight is 394 g/mol. The van der Waals surface area contributed by atoms with Crippen molar-refractivity contribution in [3.63, 3.8) is 0 Å². The molecule has 5 nitrogen and oxygen atoms in total. The number of hydrogen-bond acceptors (Lipinski definition) is 5. The van der Waals surface area contributed by atoms with Crippen molar-refractivity contribution in [2.75, 3.05) is 19.0 Å². The quantitative estimate of drug-likeness (QED) is 0.548. The molecule has 1 N–H and O–H groups in total. The molecule has 26 heavy (non-hydrogen) atoms. The predicted molar refractivity (Wildman–Crippen MR) is 104 cm³/mol. The Bertz CT molecular complexity index is 780. The summed E-state index contributed by atoms with van der Waals surface area (Å²) in [6.45, 7) is 3.78. The van der Waals surface area contributed by atoms with Gasteiger partial charge >= 0.3 is 5.97 Å². The third kappa shape index (κ3) is 5.41. The van der Waals surface area contributed by atoms with Crippen LogP contribution >= 0.6 is 23.4 Å². The number of benzene rings is 2. The van der Waals surface area contributed by atoms with Gasteiger partial charge in [0.15, 0.2) is 0 Å². The molecule has 1 atom stereocenters. The van der Waals surface area contributed by atoms with Crippen LogP contribution in [0.2, 0.25) is 5.02 Å². The minimum absolute atomic E-state index is 0.178. The molecule has 138 valence electrons. The lowest BCUT2D eigenvalue weighted by Crippen LogP contribution is -2.22. The molecule has 1 amide bonds. The lowest BCUT2D eigenvalue weighted by atomic mass is 10.2. The lowest BCUT2D eigenvalue weighted by molar-refractivity contribution is -0.115. The van der Waals surface area contributed by atoms with Crippen LogP contribution in [-0.4, -0.2) is 30.8 Å². The summed E-state index contributed by atoms with van der Waals surface area (Å²) in [6.07, 6.45) is 0. The predicted octanol–water partition coefficient (Wildman–Crippen LogP) is 4.64. The molecule has 0 spiro atoms. The zero-order valence-corrected chi connectivity index (χ0v) is 16.3. The first-order chi connectivity index (χ1) is 12.4. The molecule has 2 aromatic carbocycles. The highest BCUT2D eigenvalue weighted by atomic mass is 35.5. The van der Waals surface area contributed by atoms with Gasteiger partial charge in [-0.3, -0.25) is 4.79 Å². The minimum Gasteiger partial charge on any atom is -0.497 e. The van der Waals surface area contributed by atoms with E-state index in [9.17, 15) is 9.59 Å². The lowest BCUT2D eigenvalue weighted by Gasteiger charge is -2.13.